The molecule has 212 valence electrons. The van der Waals surface area contributed by atoms with Gasteiger partial charge in [0.25, 0.3) is 5.91 Å². The Balaban J connectivity index is 1.17. The molecule has 2 N–H and O–H groups in total. The fourth-order valence-corrected chi connectivity index (χ4v) is 4.94. The number of aryl methyl sites for hydroxylation is 2. The average Bonchev–Trinajstić information content (AvgIpc) is 3.46. The molecule has 5 rings (SSSR count). The lowest BCUT2D eigenvalue weighted by molar-refractivity contribution is 0.0955. The van der Waals surface area contributed by atoms with Crippen LogP contribution in [-0.4, -0.2) is 23.7 Å². The molecule has 0 saturated carbocycles. The fourth-order valence-electron chi connectivity index (χ4n) is 4.20. The quantitative estimate of drug-likeness (QED) is 0.123. The predicted octanol–water partition coefficient (Wildman–Crippen LogP) is 7.91. The smallest absolute Gasteiger partial charge is 0.271 e. The van der Waals surface area contributed by atoms with Crippen molar-refractivity contribution in [2.24, 2.45) is 5.10 Å². The lowest BCUT2D eigenvalue weighted by Gasteiger charge is -2.13. The minimum atomic E-state index is -0.305. The van der Waals surface area contributed by atoms with Crippen LogP contribution >= 0.6 is 11.3 Å². The number of amides is 1. The molecular weight excluding hydrogens is 544 g/mol. The zero-order chi connectivity index (χ0) is 29.3. The van der Waals surface area contributed by atoms with E-state index in [0.29, 0.717) is 30.3 Å². The Bertz CT molecular complexity index is 1680. The molecule has 0 radical (unpaired) electrons. The highest BCUT2D eigenvalue weighted by Gasteiger charge is 2.10. The van der Waals surface area contributed by atoms with Crippen molar-refractivity contribution in [3.63, 3.8) is 0 Å². The fraction of sp³-hybridized carbons (Fsp3) is 0.147. The number of nitrogens with one attached hydrogen (secondary N) is 2. The van der Waals surface area contributed by atoms with Gasteiger partial charge < -0.3 is 14.8 Å². The molecule has 0 unspecified atom stereocenters. The lowest BCUT2D eigenvalue weighted by Crippen LogP contribution is -2.17. The largest absolute Gasteiger partial charge is 0.490 e. The molecule has 1 heterocycles. The van der Waals surface area contributed by atoms with E-state index in [-0.39, 0.29) is 5.91 Å². The van der Waals surface area contributed by atoms with E-state index < -0.39 is 0 Å². The van der Waals surface area contributed by atoms with Crippen LogP contribution in [0.15, 0.2) is 101 Å². The number of carbonyl (C=O) groups excluding carboxylic acids is 1. The zero-order valence-corrected chi connectivity index (χ0v) is 24.6. The summed E-state index contributed by atoms with van der Waals surface area (Å²) in [5.41, 5.74) is 10.1. The Kier molecular flexibility index (Phi) is 9.26. The summed E-state index contributed by atoms with van der Waals surface area (Å²) in [5, 5.41) is 10.3. The molecule has 7 nitrogen and oxygen atoms in total. The summed E-state index contributed by atoms with van der Waals surface area (Å²) in [4.78, 5) is 17.4. The van der Waals surface area contributed by atoms with Gasteiger partial charge in [0.2, 0.25) is 0 Å². The molecule has 5 aromatic rings. The van der Waals surface area contributed by atoms with Crippen LogP contribution in [0.5, 0.6) is 11.5 Å². The molecule has 1 aromatic heterocycles. The van der Waals surface area contributed by atoms with E-state index in [4.69, 9.17) is 9.47 Å². The monoisotopic (exact) mass is 576 g/mol. The summed E-state index contributed by atoms with van der Waals surface area (Å²) in [6.07, 6.45) is 1.58. The number of ether oxygens (including phenoxy) is 2. The third-order valence-electron chi connectivity index (χ3n) is 6.37. The number of carbonyl (C=O) groups is 1. The van der Waals surface area contributed by atoms with Crippen molar-refractivity contribution in [3.8, 4) is 22.8 Å². The summed E-state index contributed by atoms with van der Waals surface area (Å²) >= 11 is 1.53. The second-order valence-corrected chi connectivity index (χ2v) is 10.6. The molecule has 0 aliphatic carbocycles. The van der Waals surface area contributed by atoms with Crippen molar-refractivity contribution in [1.29, 1.82) is 0 Å². The maximum atomic E-state index is 12.7. The van der Waals surface area contributed by atoms with Gasteiger partial charge in [-0.2, -0.15) is 5.10 Å². The maximum Gasteiger partial charge on any atom is 0.271 e. The number of rotatable bonds is 11. The highest BCUT2D eigenvalue weighted by molar-refractivity contribution is 7.14. The van der Waals surface area contributed by atoms with Crippen molar-refractivity contribution in [2.75, 3.05) is 11.9 Å². The van der Waals surface area contributed by atoms with E-state index >= 15 is 0 Å². The number of thiazole rings is 1. The van der Waals surface area contributed by atoms with E-state index in [1.807, 2.05) is 66.9 Å². The van der Waals surface area contributed by atoms with E-state index in [1.54, 1.807) is 18.3 Å². The first-order valence-electron chi connectivity index (χ1n) is 13.6. The van der Waals surface area contributed by atoms with Crippen LogP contribution < -0.4 is 20.2 Å². The highest BCUT2D eigenvalue weighted by Crippen LogP contribution is 2.29. The van der Waals surface area contributed by atoms with Crippen LogP contribution in [0, 0.1) is 13.8 Å². The topological polar surface area (TPSA) is 84.8 Å². The van der Waals surface area contributed by atoms with Crippen LogP contribution in [0.2, 0.25) is 0 Å². The van der Waals surface area contributed by atoms with E-state index in [9.17, 15) is 4.79 Å². The zero-order valence-electron chi connectivity index (χ0n) is 23.8. The van der Waals surface area contributed by atoms with Gasteiger partial charge in [0.15, 0.2) is 16.6 Å². The first kappa shape index (κ1) is 28.6. The van der Waals surface area contributed by atoms with Gasteiger partial charge in [-0.25, -0.2) is 10.4 Å². The number of anilines is 2. The van der Waals surface area contributed by atoms with Gasteiger partial charge in [0.1, 0.15) is 6.61 Å². The van der Waals surface area contributed by atoms with Crippen molar-refractivity contribution in [3.05, 3.63) is 124 Å². The second kappa shape index (κ2) is 13.6. The standard InChI is InChI=1S/C34H32N4O3S/c1-4-40-32-19-25(10-17-31(32)41-21-26-7-5-6-24(3)18-26)20-35-38-33(39)28-13-11-27(12-14-28)30-22-42-34(37-30)36-29-15-8-23(2)9-16-29/h5-20,22H,4,21H2,1-3H3,(H,36,37)(H,38,39)/b35-20-. The molecular formula is C34H32N4O3S. The SMILES string of the molecule is CCOc1cc(/C=N\NC(=O)c2ccc(-c3csc(Nc4ccc(C)cc4)n3)cc2)ccc1OCc1cccc(C)c1. The molecule has 0 saturated heterocycles. The van der Waals surface area contributed by atoms with Crippen molar-refractivity contribution >= 4 is 34.3 Å². The lowest BCUT2D eigenvalue weighted by atomic mass is 10.1. The Morgan fingerprint density at radius 3 is 2.48 bits per heavy atom. The van der Waals surface area contributed by atoms with E-state index in [1.165, 1.54) is 22.5 Å². The molecule has 0 aliphatic heterocycles. The second-order valence-electron chi connectivity index (χ2n) is 9.72. The minimum Gasteiger partial charge on any atom is -0.490 e. The third kappa shape index (κ3) is 7.62. The van der Waals surface area contributed by atoms with Gasteiger partial charge in [-0.3, -0.25) is 4.79 Å². The molecule has 0 atom stereocenters. The van der Waals surface area contributed by atoms with E-state index in [0.717, 1.165) is 33.2 Å². The van der Waals surface area contributed by atoms with Crippen LogP contribution in [0.4, 0.5) is 10.8 Å². The van der Waals surface area contributed by atoms with Gasteiger partial charge in [0.05, 0.1) is 18.5 Å². The van der Waals surface area contributed by atoms with Crippen LogP contribution in [0.25, 0.3) is 11.3 Å². The summed E-state index contributed by atoms with van der Waals surface area (Å²) in [7, 11) is 0. The predicted molar refractivity (Wildman–Crippen MR) is 170 cm³/mol. The number of aromatic nitrogens is 1. The summed E-state index contributed by atoms with van der Waals surface area (Å²) in [5.74, 6) is 0.967. The number of hydrogen-bond donors (Lipinski definition) is 2. The normalized spacial score (nSPS) is 10.9. The summed E-state index contributed by atoms with van der Waals surface area (Å²) in [6, 6.07) is 29.2. The minimum absolute atomic E-state index is 0.305. The van der Waals surface area contributed by atoms with Crippen molar-refractivity contribution < 1.29 is 14.3 Å². The van der Waals surface area contributed by atoms with Crippen LogP contribution in [0.1, 0.15) is 39.5 Å². The van der Waals surface area contributed by atoms with Gasteiger partial charge in [-0.15, -0.1) is 11.3 Å². The van der Waals surface area contributed by atoms with Gasteiger partial charge >= 0.3 is 0 Å². The van der Waals surface area contributed by atoms with Gasteiger partial charge in [-0.1, -0.05) is 59.7 Å². The average molecular weight is 577 g/mol. The number of nitrogens with zero attached hydrogens (tertiary/aromatic N) is 2. The third-order valence-corrected chi connectivity index (χ3v) is 7.13. The molecule has 4 aromatic carbocycles. The molecule has 8 heteroatoms. The van der Waals surface area contributed by atoms with Crippen LogP contribution in [0.3, 0.4) is 0 Å². The molecule has 1 amide bonds. The Labute approximate surface area is 249 Å². The molecule has 42 heavy (non-hydrogen) atoms. The number of hydrazone groups is 1. The Hall–Kier alpha value is -4.95. The number of hydrogen-bond acceptors (Lipinski definition) is 7. The Morgan fingerprint density at radius 1 is 0.905 bits per heavy atom. The molecule has 0 aliphatic rings. The van der Waals surface area contributed by atoms with Gasteiger partial charge in [-0.05, 0) is 74.4 Å². The maximum absolute atomic E-state index is 12.7. The molecule has 0 spiro atoms. The Morgan fingerprint density at radius 2 is 1.71 bits per heavy atom. The van der Waals surface area contributed by atoms with E-state index in [2.05, 4.69) is 58.9 Å². The molecule has 0 fully saturated rings. The van der Waals surface area contributed by atoms with Gasteiger partial charge in [0, 0.05) is 22.2 Å². The number of benzene rings is 4. The molecule has 0 bridgehead atoms. The first-order valence-corrected chi connectivity index (χ1v) is 14.5. The summed E-state index contributed by atoms with van der Waals surface area (Å²) < 4.78 is 11.8. The van der Waals surface area contributed by atoms with Crippen molar-refractivity contribution in [2.45, 2.75) is 27.4 Å². The summed E-state index contributed by atoms with van der Waals surface area (Å²) in [6.45, 7) is 6.98. The first-order chi connectivity index (χ1) is 20.5. The van der Waals surface area contributed by atoms with Crippen molar-refractivity contribution in [1.82, 2.24) is 10.4 Å². The van der Waals surface area contributed by atoms with Crippen LogP contribution in [-0.2, 0) is 6.61 Å². The highest BCUT2D eigenvalue weighted by atomic mass is 32.1.